The number of amides is 4. The van der Waals surface area contributed by atoms with Crippen molar-refractivity contribution >= 4 is 23.5 Å². The molecule has 4 bridgehead atoms. The molecule has 6 rings (SSSR count). The Morgan fingerprint density at radius 2 is 1.67 bits per heavy atom. The first kappa shape index (κ1) is 22.2. The van der Waals surface area contributed by atoms with Gasteiger partial charge in [0.1, 0.15) is 0 Å². The summed E-state index contributed by atoms with van der Waals surface area (Å²) in [5.74, 6) is -0.0145. The zero-order chi connectivity index (χ0) is 23.4. The Labute approximate surface area is 195 Å². The zero-order valence-corrected chi connectivity index (χ0v) is 19.8. The molecule has 0 radical (unpaired) electrons. The average Bonchev–Trinajstić information content (AvgIpc) is 2.70. The molecule has 4 N–H and O–H groups in total. The Morgan fingerprint density at radius 3 is 2.27 bits per heavy atom. The lowest BCUT2D eigenvalue weighted by Gasteiger charge is -2.65. The quantitative estimate of drug-likeness (QED) is 0.645. The van der Waals surface area contributed by atoms with Crippen LogP contribution in [-0.2, 0) is 4.79 Å². The predicted molar refractivity (Wildman–Crippen MR) is 127 cm³/mol. The lowest BCUT2D eigenvalue weighted by molar-refractivity contribution is -0.123. The highest BCUT2D eigenvalue weighted by molar-refractivity contribution is 5.96. The average molecular weight is 453 g/mol. The first-order valence-corrected chi connectivity index (χ1v) is 12.3. The van der Waals surface area contributed by atoms with Crippen molar-refractivity contribution in [2.45, 2.75) is 70.8 Å². The monoisotopic (exact) mass is 452 g/mol. The van der Waals surface area contributed by atoms with Crippen molar-refractivity contribution in [2.75, 3.05) is 18.4 Å². The molecule has 3 atom stereocenters. The van der Waals surface area contributed by atoms with Gasteiger partial charge in [-0.05, 0) is 92.4 Å². The third kappa shape index (κ3) is 4.34. The van der Waals surface area contributed by atoms with Gasteiger partial charge in [-0.3, -0.25) is 9.59 Å². The van der Waals surface area contributed by atoms with Gasteiger partial charge in [0, 0.05) is 29.9 Å². The smallest absolute Gasteiger partial charge is 0.319 e. The number of likely N-dealkylation sites (tertiary alicyclic amines) is 1. The first-order valence-electron chi connectivity index (χ1n) is 12.3. The summed E-state index contributed by atoms with van der Waals surface area (Å²) in [7, 11) is 0. The molecule has 1 unspecified atom stereocenters. The summed E-state index contributed by atoms with van der Waals surface area (Å²) in [6.07, 6.45) is 8.58. The Balaban J connectivity index is 1.21. The molecule has 4 aliphatic carbocycles. The highest BCUT2D eigenvalue weighted by atomic mass is 16.2. The molecular weight excluding hydrogens is 416 g/mol. The molecule has 7 nitrogen and oxygen atoms in total. The molecule has 4 saturated carbocycles. The van der Waals surface area contributed by atoms with Crippen molar-refractivity contribution in [1.29, 1.82) is 0 Å². The van der Waals surface area contributed by atoms with Crippen LogP contribution in [0.4, 0.5) is 10.5 Å². The number of nitrogens with one attached hydrogen (secondary N) is 2. The van der Waals surface area contributed by atoms with E-state index in [1.807, 2.05) is 0 Å². The Hall–Kier alpha value is -2.57. The number of urea groups is 1. The maximum atomic E-state index is 12.9. The first-order chi connectivity index (χ1) is 15.6. The second-order valence-electron chi connectivity index (χ2n) is 12.1. The summed E-state index contributed by atoms with van der Waals surface area (Å²) in [4.78, 5) is 39.0. The fourth-order valence-corrected chi connectivity index (χ4v) is 8.26. The van der Waals surface area contributed by atoms with Crippen LogP contribution in [0.5, 0.6) is 0 Å². The van der Waals surface area contributed by atoms with Gasteiger partial charge in [-0.25, -0.2) is 4.79 Å². The predicted octanol–water partition coefficient (Wildman–Crippen LogP) is 3.89. The number of primary amides is 1. The number of hydrogen-bond acceptors (Lipinski definition) is 3. The number of hydrogen-bond donors (Lipinski definition) is 3. The van der Waals surface area contributed by atoms with Crippen LogP contribution in [0.15, 0.2) is 24.3 Å². The topological polar surface area (TPSA) is 105 Å². The number of carbonyl (C=O) groups excluding carboxylic acids is 3. The molecule has 7 heteroatoms. The van der Waals surface area contributed by atoms with Crippen molar-refractivity contribution in [3.05, 3.63) is 29.8 Å². The van der Waals surface area contributed by atoms with Crippen LogP contribution in [0.3, 0.4) is 0 Å². The minimum Gasteiger partial charge on any atom is -0.369 e. The summed E-state index contributed by atoms with van der Waals surface area (Å²) in [6, 6.07) is 6.84. The minimum absolute atomic E-state index is 0.103. The lowest BCUT2D eigenvalue weighted by atomic mass is 9.43. The molecule has 1 aromatic rings. The molecule has 178 valence electrons. The zero-order valence-electron chi connectivity index (χ0n) is 19.8. The normalized spacial score (nSPS) is 37.0. The van der Waals surface area contributed by atoms with Gasteiger partial charge in [0.15, 0.2) is 0 Å². The second-order valence-corrected chi connectivity index (χ2v) is 12.1. The summed E-state index contributed by atoms with van der Waals surface area (Å²) in [5, 5.41) is 6.33. The number of nitrogens with zero attached hydrogens (tertiary/aromatic N) is 1. The van der Waals surface area contributed by atoms with Crippen LogP contribution in [0.1, 0.15) is 75.6 Å². The van der Waals surface area contributed by atoms with E-state index in [4.69, 9.17) is 5.73 Å². The summed E-state index contributed by atoms with van der Waals surface area (Å²) < 4.78 is 0. The number of benzene rings is 1. The molecule has 5 fully saturated rings. The third-order valence-corrected chi connectivity index (χ3v) is 8.51. The molecular formula is C26H36N4O3. The molecule has 1 aliphatic heterocycles. The maximum Gasteiger partial charge on any atom is 0.319 e. The Bertz CT molecular complexity index is 956. The van der Waals surface area contributed by atoms with E-state index in [2.05, 4.69) is 24.5 Å². The number of anilines is 1. The molecule has 0 aromatic heterocycles. The highest BCUT2D eigenvalue weighted by Gasteiger charge is 2.60. The largest absolute Gasteiger partial charge is 0.369 e. The van der Waals surface area contributed by atoms with Crippen molar-refractivity contribution in [2.24, 2.45) is 28.4 Å². The van der Waals surface area contributed by atoms with E-state index in [1.54, 1.807) is 29.2 Å². The third-order valence-electron chi connectivity index (χ3n) is 8.51. The van der Waals surface area contributed by atoms with E-state index in [-0.39, 0.29) is 29.3 Å². The van der Waals surface area contributed by atoms with E-state index < -0.39 is 0 Å². The van der Waals surface area contributed by atoms with E-state index in [0.717, 1.165) is 32.1 Å². The van der Waals surface area contributed by atoms with Crippen molar-refractivity contribution in [1.82, 2.24) is 10.2 Å². The Kier molecular flexibility index (Phi) is 5.22. The Morgan fingerprint density at radius 1 is 1.00 bits per heavy atom. The van der Waals surface area contributed by atoms with Gasteiger partial charge < -0.3 is 21.3 Å². The molecule has 1 aromatic carbocycles. The van der Waals surface area contributed by atoms with Gasteiger partial charge in [-0.15, -0.1) is 0 Å². The van der Waals surface area contributed by atoms with E-state index in [1.165, 1.54) is 19.3 Å². The van der Waals surface area contributed by atoms with Crippen LogP contribution in [0.25, 0.3) is 0 Å². The van der Waals surface area contributed by atoms with Gasteiger partial charge in [0.25, 0.3) is 5.91 Å². The van der Waals surface area contributed by atoms with E-state index >= 15 is 0 Å². The molecule has 0 spiro atoms. The van der Waals surface area contributed by atoms with Crippen molar-refractivity contribution in [3.8, 4) is 0 Å². The van der Waals surface area contributed by atoms with Gasteiger partial charge >= 0.3 is 6.03 Å². The number of carbonyl (C=O) groups is 3. The van der Waals surface area contributed by atoms with E-state index in [9.17, 15) is 14.4 Å². The standard InChI is InChI=1S/C26H36N4O3/c1-24-10-17-11-25(2,14-24)16-26(12-17,15-24)29-23(33)28-20-7-5-18(6-8-20)22(32)30-9-3-4-19(13-30)21(27)31/h5-8,17,19H,3-4,9-16H2,1-2H3,(H2,27,31)(H2,28,29,33)/t17?,19?,24-,25-,26?/m1/s1. The van der Waals surface area contributed by atoms with Crippen molar-refractivity contribution < 1.29 is 14.4 Å². The van der Waals surface area contributed by atoms with Gasteiger partial charge in [-0.1, -0.05) is 13.8 Å². The van der Waals surface area contributed by atoms with Crippen LogP contribution >= 0.6 is 0 Å². The van der Waals surface area contributed by atoms with Crippen LogP contribution < -0.4 is 16.4 Å². The molecule has 4 amide bonds. The fourth-order valence-electron chi connectivity index (χ4n) is 8.26. The summed E-state index contributed by atoms with van der Waals surface area (Å²) in [5.41, 5.74) is 7.22. The molecule has 5 aliphatic rings. The molecule has 33 heavy (non-hydrogen) atoms. The minimum atomic E-state index is -0.347. The number of piperidine rings is 1. The summed E-state index contributed by atoms with van der Waals surface area (Å²) >= 11 is 0. The van der Waals surface area contributed by atoms with Crippen LogP contribution in [0.2, 0.25) is 0 Å². The summed E-state index contributed by atoms with van der Waals surface area (Å²) in [6.45, 7) is 5.80. The van der Waals surface area contributed by atoms with Gasteiger partial charge in [-0.2, -0.15) is 0 Å². The van der Waals surface area contributed by atoms with Crippen molar-refractivity contribution in [3.63, 3.8) is 0 Å². The molecule has 1 saturated heterocycles. The van der Waals surface area contributed by atoms with E-state index in [0.29, 0.717) is 41.1 Å². The highest BCUT2D eigenvalue weighted by Crippen LogP contribution is 2.66. The SMILES string of the molecule is C[C@]12CC3CC(NC(=O)Nc4ccc(C(=O)N5CCCC(C(N)=O)C5)cc4)(C1)C[C@](C)(C3)C2. The van der Waals surface area contributed by atoms with Crippen LogP contribution in [0, 0.1) is 22.7 Å². The fraction of sp³-hybridized carbons (Fsp3) is 0.654. The van der Waals surface area contributed by atoms with Gasteiger partial charge in [0.2, 0.25) is 5.91 Å². The van der Waals surface area contributed by atoms with Crippen LogP contribution in [-0.4, -0.2) is 41.4 Å². The lowest BCUT2D eigenvalue weighted by Crippen LogP contribution is -2.65. The number of rotatable bonds is 4. The van der Waals surface area contributed by atoms with Gasteiger partial charge in [0.05, 0.1) is 5.92 Å². The maximum absolute atomic E-state index is 12.9. The molecule has 1 heterocycles. The number of nitrogens with two attached hydrogens (primary N) is 1. The second kappa shape index (κ2) is 7.74.